The number of hydrogen-bond donors (Lipinski definition) is 2. The van der Waals surface area contributed by atoms with Gasteiger partial charge in [-0.05, 0) is 61.9 Å². The fourth-order valence-corrected chi connectivity index (χ4v) is 2.69. The van der Waals surface area contributed by atoms with E-state index < -0.39 is 0 Å². The first kappa shape index (κ1) is 12.0. The number of anilines is 3. The summed E-state index contributed by atoms with van der Waals surface area (Å²) in [6.07, 6.45) is 4.88. The minimum absolute atomic E-state index is 0.694. The molecule has 98 valence electrons. The van der Waals surface area contributed by atoms with Gasteiger partial charge < -0.3 is 11.1 Å². The Kier molecular flexibility index (Phi) is 3.11. The predicted molar refractivity (Wildman–Crippen MR) is 79.8 cm³/mol. The molecule has 0 saturated heterocycles. The van der Waals surface area contributed by atoms with Gasteiger partial charge in [-0.15, -0.1) is 0 Å². The van der Waals surface area contributed by atoms with Crippen LogP contribution >= 0.6 is 0 Å². The molecule has 0 amide bonds. The van der Waals surface area contributed by atoms with Gasteiger partial charge in [0.25, 0.3) is 0 Å². The van der Waals surface area contributed by atoms with E-state index in [1.165, 1.54) is 30.4 Å². The van der Waals surface area contributed by atoms with Crippen LogP contribution in [0.25, 0.3) is 0 Å². The molecule has 1 heterocycles. The number of nitrogens with two attached hydrogens (primary N) is 1. The SMILES string of the molecule is Cc1ccc(N)c(Nc2cccc3c2CCCC3)n1. The van der Waals surface area contributed by atoms with Gasteiger partial charge in [0.1, 0.15) is 0 Å². The summed E-state index contributed by atoms with van der Waals surface area (Å²) in [4.78, 5) is 4.48. The molecule has 0 fully saturated rings. The van der Waals surface area contributed by atoms with Crippen LogP contribution in [0.1, 0.15) is 29.7 Å². The second kappa shape index (κ2) is 4.92. The lowest BCUT2D eigenvalue weighted by Crippen LogP contribution is -2.07. The molecule has 0 aliphatic heterocycles. The summed E-state index contributed by atoms with van der Waals surface area (Å²) in [5.74, 6) is 0.763. The quantitative estimate of drug-likeness (QED) is 0.859. The van der Waals surface area contributed by atoms with Crippen LogP contribution in [0.3, 0.4) is 0 Å². The third kappa shape index (κ3) is 2.41. The van der Waals surface area contributed by atoms with Crippen molar-refractivity contribution in [2.75, 3.05) is 11.1 Å². The van der Waals surface area contributed by atoms with Crippen molar-refractivity contribution in [3.8, 4) is 0 Å². The second-order valence-electron chi connectivity index (χ2n) is 5.17. The van der Waals surface area contributed by atoms with Crippen LogP contribution in [-0.2, 0) is 12.8 Å². The van der Waals surface area contributed by atoms with E-state index in [4.69, 9.17) is 5.73 Å². The lowest BCUT2D eigenvalue weighted by molar-refractivity contribution is 0.687. The molecule has 3 N–H and O–H groups in total. The van der Waals surface area contributed by atoms with E-state index in [9.17, 15) is 0 Å². The summed E-state index contributed by atoms with van der Waals surface area (Å²) in [5, 5.41) is 3.41. The van der Waals surface area contributed by atoms with Crippen LogP contribution in [0.2, 0.25) is 0 Å². The normalized spacial score (nSPS) is 13.9. The number of nitrogen functional groups attached to an aromatic ring is 1. The highest BCUT2D eigenvalue weighted by Gasteiger charge is 2.13. The van der Waals surface area contributed by atoms with E-state index in [-0.39, 0.29) is 0 Å². The Morgan fingerprint density at radius 1 is 1.11 bits per heavy atom. The van der Waals surface area contributed by atoms with Gasteiger partial charge >= 0.3 is 0 Å². The van der Waals surface area contributed by atoms with Crippen LogP contribution in [-0.4, -0.2) is 4.98 Å². The van der Waals surface area contributed by atoms with Gasteiger partial charge in [-0.3, -0.25) is 0 Å². The third-order valence-electron chi connectivity index (χ3n) is 3.71. The number of rotatable bonds is 2. The number of aryl methyl sites for hydroxylation is 2. The number of hydrogen-bond acceptors (Lipinski definition) is 3. The van der Waals surface area contributed by atoms with Gasteiger partial charge in [0, 0.05) is 11.4 Å². The number of aromatic nitrogens is 1. The van der Waals surface area contributed by atoms with Crippen molar-refractivity contribution in [2.45, 2.75) is 32.6 Å². The van der Waals surface area contributed by atoms with Crippen LogP contribution < -0.4 is 11.1 Å². The van der Waals surface area contributed by atoms with E-state index in [0.29, 0.717) is 5.69 Å². The lowest BCUT2D eigenvalue weighted by atomic mass is 9.90. The molecule has 2 aromatic rings. The van der Waals surface area contributed by atoms with Crippen molar-refractivity contribution in [1.82, 2.24) is 4.98 Å². The van der Waals surface area contributed by atoms with Gasteiger partial charge in [-0.2, -0.15) is 0 Å². The average Bonchev–Trinajstić information content (AvgIpc) is 2.43. The largest absolute Gasteiger partial charge is 0.396 e. The summed E-state index contributed by atoms with van der Waals surface area (Å²) < 4.78 is 0. The van der Waals surface area contributed by atoms with E-state index in [2.05, 4.69) is 28.5 Å². The summed E-state index contributed by atoms with van der Waals surface area (Å²) in [5.41, 5.74) is 11.7. The molecule has 0 saturated carbocycles. The summed E-state index contributed by atoms with van der Waals surface area (Å²) in [6, 6.07) is 10.3. The number of nitrogens with one attached hydrogen (secondary N) is 1. The molecule has 0 radical (unpaired) electrons. The highest BCUT2D eigenvalue weighted by molar-refractivity contribution is 5.71. The van der Waals surface area contributed by atoms with Gasteiger partial charge in [0.05, 0.1) is 5.69 Å². The minimum Gasteiger partial charge on any atom is -0.396 e. The average molecular weight is 253 g/mol. The molecule has 3 heteroatoms. The molecule has 1 aliphatic carbocycles. The first-order chi connectivity index (χ1) is 9.24. The molecule has 0 spiro atoms. The smallest absolute Gasteiger partial charge is 0.153 e. The van der Waals surface area contributed by atoms with Crippen molar-refractivity contribution in [3.63, 3.8) is 0 Å². The van der Waals surface area contributed by atoms with Gasteiger partial charge in [0.15, 0.2) is 5.82 Å². The van der Waals surface area contributed by atoms with Gasteiger partial charge in [-0.1, -0.05) is 12.1 Å². The lowest BCUT2D eigenvalue weighted by Gasteiger charge is -2.20. The number of fused-ring (bicyclic) bond motifs is 1. The fourth-order valence-electron chi connectivity index (χ4n) is 2.69. The first-order valence-electron chi connectivity index (χ1n) is 6.85. The molecule has 0 bridgehead atoms. The Labute approximate surface area is 113 Å². The monoisotopic (exact) mass is 253 g/mol. The Bertz CT molecular complexity index is 605. The third-order valence-corrected chi connectivity index (χ3v) is 3.71. The fraction of sp³-hybridized carbons (Fsp3) is 0.312. The number of pyridine rings is 1. The highest BCUT2D eigenvalue weighted by Crippen LogP contribution is 2.30. The van der Waals surface area contributed by atoms with Crippen molar-refractivity contribution >= 4 is 17.2 Å². The molecule has 3 rings (SSSR count). The zero-order valence-electron chi connectivity index (χ0n) is 11.2. The molecule has 0 atom stereocenters. The molecule has 19 heavy (non-hydrogen) atoms. The predicted octanol–water partition coefficient (Wildman–Crippen LogP) is 3.59. The highest BCUT2D eigenvalue weighted by atomic mass is 15.0. The molecule has 1 aromatic heterocycles. The summed E-state index contributed by atoms with van der Waals surface area (Å²) >= 11 is 0. The molecule has 0 unspecified atom stereocenters. The zero-order chi connectivity index (χ0) is 13.2. The second-order valence-corrected chi connectivity index (χ2v) is 5.17. The van der Waals surface area contributed by atoms with Gasteiger partial charge in [0.2, 0.25) is 0 Å². The Morgan fingerprint density at radius 2 is 1.95 bits per heavy atom. The van der Waals surface area contributed by atoms with Crippen LogP contribution in [0.15, 0.2) is 30.3 Å². The molecule has 1 aliphatic rings. The molecule has 3 nitrogen and oxygen atoms in total. The van der Waals surface area contributed by atoms with Crippen LogP contribution in [0, 0.1) is 6.92 Å². The molecular formula is C16H19N3. The van der Waals surface area contributed by atoms with Crippen molar-refractivity contribution in [3.05, 3.63) is 47.2 Å². The maximum atomic E-state index is 5.99. The van der Waals surface area contributed by atoms with E-state index in [0.717, 1.165) is 23.6 Å². The minimum atomic E-state index is 0.694. The van der Waals surface area contributed by atoms with Crippen LogP contribution in [0.4, 0.5) is 17.2 Å². The standard InChI is InChI=1S/C16H19N3/c1-11-9-10-14(17)16(18-11)19-15-8-4-6-12-5-2-3-7-13(12)15/h4,6,8-10H,2-3,5,7,17H2,1H3,(H,18,19). The molecular weight excluding hydrogens is 234 g/mol. The maximum Gasteiger partial charge on any atom is 0.153 e. The topological polar surface area (TPSA) is 50.9 Å². The zero-order valence-corrected chi connectivity index (χ0v) is 11.2. The number of nitrogens with zero attached hydrogens (tertiary/aromatic N) is 1. The van der Waals surface area contributed by atoms with Gasteiger partial charge in [-0.25, -0.2) is 4.98 Å². The van der Waals surface area contributed by atoms with E-state index >= 15 is 0 Å². The first-order valence-corrected chi connectivity index (χ1v) is 6.85. The van der Waals surface area contributed by atoms with Crippen molar-refractivity contribution in [2.24, 2.45) is 0 Å². The summed E-state index contributed by atoms with van der Waals surface area (Å²) in [6.45, 7) is 1.98. The molecule has 1 aromatic carbocycles. The van der Waals surface area contributed by atoms with Crippen molar-refractivity contribution < 1.29 is 0 Å². The number of benzene rings is 1. The van der Waals surface area contributed by atoms with E-state index in [1.807, 2.05) is 19.1 Å². The van der Waals surface area contributed by atoms with Crippen LogP contribution in [0.5, 0.6) is 0 Å². The van der Waals surface area contributed by atoms with Crippen molar-refractivity contribution in [1.29, 1.82) is 0 Å². The Balaban J connectivity index is 1.97. The Morgan fingerprint density at radius 3 is 2.84 bits per heavy atom. The Hall–Kier alpha value is -2.03. The maximum absolute atomic E-state index is 5.99. The summed E-state index contributed by atoms with van der Waals surface area (Å²) in [7, 11) is 0. The van der Waals surface area contributed by atoms with E-state index in [1.54, 1.807) is 0 Å².